The number of aromatic carboxylic acids is 1. The Bertz CT molecular complexity index is 419. The van der Waals surface area contributed by atoms with Crippen LogP contribution in [-0.2, 0) is 9.47 Å². The van der Waals surface area contributed by atoms with Gasteiger partial charge in [-0.2, -0.15) is 0 Å². The Balaban J connectivity index is 1.82. The van der Waals surface area contributed by atoms with Gasteiger partial charge in [-0.15, -0.1) is 0 Å². The maximum absolute atomic E-state index is 10.8. The first-order chi connectivity index (χ1) is 9.70. The Hall–Kier alpha value is -1.39. The minimum atomic E-state index is -0.919. The van der Waals surface area contributed by atoms with E-state index in [1.807, 2.05) is 0 Å². The average Bonchev–Trinajstić information content (AvgIpc) is 2.48. The molecule has 1 heterocycles. The standard InChI is InChI=1S/C16H22O4/c1-2-3-4-5-12-10-19-16(20-11-12)14-8-6-13(7-9-14)15(17)18/h6-9,12,16H,2-5,10-11H2,1H3,(H,17,18). The zero-order chi connectivity index (χ0) is 14.4. The molecule has 1 aromatic rings. The van der Waals surface area contributed by atoms with Gasteiger partial charge >= 0.3 is 5.97 Å². The molecule has 0 amide bonds. The molecule has 4 heteroatoms. The number of benzene rings is 1. The Labute approximate surface area is 119 Å². The quantitative estimate of drug-likeness (QED) is 0.807. The van der Waals surface area contributed by atoms with E-state index in [1.165, 1.54) is 19.3 Å². The van der Waals surface area contributed by atoms with Crippen molar-refractivity contribution in [2.24, 2.45) is 5.92 Å². The SMILES string of the molecule is CCCCCC1COC(c2ccc(C(=O)O)cc2)OC1. The van der Waals surface area contributed by atoms with Crippen molar-refractivity contribution in [2.75, 3.05) is 13.2 Å². The van der Waals surface area contributed by atoms with E-state index in [0.717, 1.165) is 25.2 Å². The number of carboxylic acids is 1. The Morgan fingerprint density at radius 3 is 2.40 bits per heavy atom. The van der Waals surface area contributed by atoms with E-state index in [-0.39, 0.29) is 11.9 Å². The molecule has 4 nitrogen and oxygen atoms in total. The molecule has 1 aromatic carbocycles. The normalized spacial score (nSPS) is 22.6. The number of carbonyl (C=O) groups is 1. The van der Waals surface area contributed by atoms with Crippen LogP contribution in [0.3, 0.4) is 0 Å². The third-order valence-corrected chi connectivity index (χ3v) is 3.61. The third kappa shape index (κ3) is 4.05. The highest BCUT2D eigenvalue weighted by Crippen LogP contribution is 2.27. The number of unbranched alkanes of at least 4 members (excludes halogenated alkanes) is 2. The largest absolute Gasteiger partial charge is 0.478 e. The highest BCUT2D eigenvalue weighted by Gasteiger charge is 2.23. The topological polar surface area (TPSA) is 55.8 Å². The molecule has 0 aliphatic carbocycles. The smallest absolute Gasteiger partial charge is 0.335 e. The summed E-state index contributed by atoms with van der Waals surface area (Å²) in [5.74, 6) is -0.436. The lowest BCUT2D eigenvalue weighted by molar-refractivity contribution is -0.206. The summed E-state index contributed by atoms with van der Waals surface area (Å²) in [7, 11) is 0. The first-order valence-electron chi connectivity index (χ1n) is 7.27. The third-order valence-electron chi connectivity index (χ3n) is 3.61. The van der Waals surface area contributed by atoms with Crippen molar-refractivity contribution in [3.05, 3.63) is 35.4 Å². The van der Waals surface area contributed by atoms with Crippen LogP contribution in [-0.4, -0.2) is 24.3 Å². The van der Waals surface area contributed by atoms with Gasteiger partial charge in [-0.3, -0.25) is 0 Å². The summed E-state index contributed by atoms with van der Waals surface area (Å²) in [6.07, 6.45) is 4.51. The predicted octanol–water partition coefficient (Wildman–Crippen LogP) is 3.63. The van der Waals surface area contributed by atoms with Crippen LogP contribution in [0, 0.1) is 5.92 Å². The van der Waals surface area contributed by atoms with E-state index < -0.39 is 5.97 Å². The highest BCUT2D eigenvalue weighted by molar-refractivity contribution is 5.87. The van der Waals surface area contributed by atoms with E-state index in [0.29, 0.717) is 5.92 Å². The molecule has 110 valence electrons. The van der Waals surface area contributed by atoms with Gasteiger partial charge in [0.25, 0.3) is 0 Å². The van der Waals surface area contributed by atoms with Gasteiger partial charge in [-0.1, -0.05) is 38.3 Å². The fraction of sp³-hybridized carbons (Fsp3) is 0.562. The molecule has 2 rings (SSSR count). The number of carboxylic acid groups (broad SMARTS) is 1. The van der Waals surface area contributed by atoms with E-state index in [2.05, 4.69) is 6.92 Å². The van der Waals surface area contributed by atoms with Crippen molar-refractivity contribution < 1.29 is 19.4 Å². The van der Waals surface area contributed by atoms with E-state index in [9.17, 15) is 4.79 Å². The summed E-state index contributed by atoms with van der Waals surface area (Å²) in [4.78, 5) is 10.8. The molecule has 1 N–H and O–H groups in total. The van der Waals surface area contributed by atoms with Crippen molar-refractivity contribution in [1.82, 2.24) is 0 Å². The van der Waals surface area contributed by atoms with Crippen molar-refractivity contribution >= 4 is 5.97 Å². The monoisotopic (exact) mass is 278 g/mol. The second-order valence-electron chi connectivity index (χ2n) is 5.29. The molecule has 0 bridgehead atoms. The molecule has 0 aromatic heterocycles. The summed E-state index contributed by atoms with van der Waals surface area (Å²) < 4.78 is 11.5. The Morgan fingerprint density at radius 2 is 1.85 bits per heavy atom. The summed E-state index contributed by atoms with van der Waals surface area (Å²) in [5.41, 5.74) is 1.16. The predicted molar refractivity (Wildman–Crippen MR) is 75.7 cm³/mol. The number of hydrogen-bond acceptors (Lipinski definition) is 3. The summed E-state index contributed by atoms with van der Waals surface area (Å²) in [5, 5.41) is 8.86. The minimum absolute atomic E-state index is 0.280. The van der Waals surface area contributed by atoms with E-state index in [1.54, 1.807) is 24.3 Å². The molecule has 0 radical (unpaired) electrons. The van der Waals surface area contributed by atoms with Crippen molar-refractivity contribution in [1.29, 1.82) is 0 Å². The lowest BCUT2D eigenvalue weighted by atomic mass is 10.0. The van der Waals surface area contributed by atoms with E-state index in [4.69, 9.17) is 14.6 Å². The van der Waals surface area contributed by atoms with Gasteiger partial charge in [0.2, 0.25) is 0 Å². The molecule has 0 unspecified atom stereocenters. The van der Waals surface area contributed by atoms with Crippen molar-refractivity contribution in [2.45, 2.75) is 38.9 Å². The van der Waals surface area contributed by atoms with Crippen LogP contribution in [0.1, 0.15) is 54.8 Å². The maximum atomic E-state index is 10.8. The molecule has 1 fully saturated rings. The zero-order valence-corrected chi connectivity index (χ0v) is 11.9. The molecule has 0 spiro atoms. The Kier molecular flexibility index (Phi) is 5.56. The van der Waals surface area contributed by atoms with Crippen LogP contribution in [0.25, 0.3) is 0 Å². The second kappa shape index (κ2) is 7.41. The van der Waals surface area contributed by atoms with Crippen molar-refractivity contribution in [3.63, 3.8) is 0 Å². The molecule has 0 atom stereocenters. The van der Waals surface area contributed by atoms with E-state index >= 15 is 0 Å². The molecule has 1 aliphatic rings. The van der Waals surface area contributed by atoms with Gasteiger partial charge in [-0.25, -0.2) is 4.79 Å². The van der Waals surface area contributed by atoms with Gasteiger partial charge in [0.05, 0.1) is 18.8 Å². The summed E-state index contributed by atoms with van der Waals surface area (Å²) in [6, 6.07) is 6.67. The molecular weight excluding hydrogens is 256 g/mol. The highest BCUT2D eigenvalue weighted by atomic mass is 16.7. The molecule has 1 saturated heterocycles. The molecular formula is C16H22O4. The maximum Gasteiger partial charge on any atom is 0.335 e. The van der Waals surface area contributed by atoms with Crippen LogP contribution in [0.5, 0.6) is 0 Å². The lowest BCUT2D eigenvalue weighted by Gasteiger charge is -2.29. The van der Waals surface area contributed by atoms with Gasteiger partial charge in [0.1, 0.15) is 0 Å². The average molecular weight is 278 g/mol. The number of rotatable bonds is 6. The number of ether oxygens (including phenoxy) is 2. The fourth-order valence-corrected chi connectivity index (χ4v) is 2.37. The van der Waals surface area contributed by atoms with Crippen LogP contribution in [0.2, 0.25) is 0 Å². The summed E-state index contributed by atoms with van der Waals surface area (Å²) >= 11 is 0. The first-order valence-corrected chi connectivity index (χ1v) is 7.27. The van der Waals surface area contributed by atoms with Gasteiger partial charge in [0, 0.05) is 11.5 Å². The lowest BCUT2D eigenvalue weighted by Crippen LogP contribution is -2.27. The van der Waals surface area contributed by atoms with Crippen molar-refractivity contribution in [3.8, 4) is 0 Å². The second-order valence-corrected chi connectivity index (χ2v) is 5.29. The first kappa shape index (κ1) is 15.0. The zero-order valence-electron chi connectivity index (χ0n) is 11.9. The number of hydrogen-bond donors (Lipinski definition) is 1. The van der Waals surface area contributed by atoms with Crippen LogP contribution >= 0.6 is 0 Å². The van der Waals surface area contributed by atoms with Crippen LogP contribution < -0.4 is 0 Å². The molecule has 0 saturated carbocycles. The summed E-state index contributed by atoms with van der Waals surface area (Å²) in [6.45, 7) is 3.63. The van der Waals surface area contributed by atoms with Crippen LogP contribution in [0.15, 0.2) is 24.3 Å². The van der Waals surface area contributed by atoms with Gasteiger partial charge in [-0.05, 0) is 18.6 Å². The Morgan fingerprint density at radius 1 is 1.20 bits per heavy atom. The molecule has 20 heavy (non-hydrogen) atoms. The minimum Gasteiger partial charge on any atom is -0.478 e. The fourth-order valence-electron chi connectivity index (χ4n) is 2.37. The van der Waals surface area contributed by atoms with Gasteiger partial charge < -0.3 is 14.6 Å². The molecule has 1 aliphatic heterocycles. The van der Waals surface area contributed by atoms with Gasteiger partial charge in [0.15, 0.2) is 6.29 Å². The van der Waals surface area contributed by atoms with Crippen LogP contribution in [0.4, 0.5) is 0 Å².